The quantitative estimate of drug-likeness (QED) is 0.931. The van der Waals surface area contributed by atoms with Gasteiger partial charge in [0.15, 0.2) is 0 Å². The summed E-state index contributed by atoms with van der Waals surface area (Å²) >= 11 is 1.36. The number of benzene rings is 1. The van der Waals surface area contributed by atoms with Crippen LogP contribution < -0.4 is 10.1 Å². The molecule has 5 heteroatoms. The number of carbonyl (C=O) groups excluding carboxylic acids is 1. The Labute approximate surface area is 115 Å². The molecular formula is C14H14FNO2S. The molecule has 0 spiro atoms. The molecule has 1 aromatic heterocycles. The summed E-state index contributed by atoms with van der Waals surface area (Å²) in [5.41, 5.74) is 0.618. The van der Waals surface area contributed by atoms with Crippen LogP contribution >= 0.6 is 11.3 Å². The molecule has 1 N–H and O–H groups in total. The SMILES string of the molecule is COc1ccc(F)cc1C(C)NC(=O)c1cccs1. The van der Waals surface area contributed by atoms with Crippen LogP contribution in [0.2, 0.25) is 0 Å². The van der Waals surface area contributed by atoms with Gasteiger partial charge in [0, 0.05) is 5.56 Å². The van der Waals surface area contributed by atoms with Gasteiger partial charge in [-0.15, -0.1) is 11.3 Å². The lowest BCUT2D eigenvalue weighted by atomic mass is 10.1. The van der Waals surface area contributed by atoms with E-state index in [0.717, 1.165) is 0 Å². The van der Waals surface area contributed by atoms with Crippen molar-refractivity contribution in [2.75, 3.05) is 7.11 Å². The molecule has 0 fully saturated rings. The van der Waals surface area contributed by atoms with E-state index in [1.807, 2.05) is 11.4 Å². The largest absolute Gasteiger partial charge is 0.496 e. The molecule has 1 aromatic carbocycles. The van der Waals surface area contributed by atoms with Crippen molar-refractivity contribution in [1.82, 2.24) is 5.32 Å². The highest BCUT2D eigenvalue weighted by Crippen LogP contribution is 2.26. The zero-order chi connectivity index (χ0) is 13.8. The Balaban J connectivity index is 2.18. The summed E-state index contributed by atoms with van der Waals surface area (Å²) < 4.78 is 18.5. The third-order valence-electron chi connectivity index (χ3n) is 2.75. The molecular weight excluding hydrogens is 265 g/mol. The molecule has 0 aliphatic carbocycles. The van der Waals surface area contributed by atoms with Gasteiger partial charge < -0.3 is 10.1 Å². The molecule has 0 aliphatic rings. The molecule has 2 aromatic rings. The van der Waals surface area contributed by atoms with E-state index in [9.17, 15) is 9.18 Å². The van der Waals surface area contributed by atoms with Crippen LogP contribution in [0.3, 0.4) is 0 Å². The second-order valence-corrected chi connectivity index (χ2v) is 5.01. The molecule has 1 atom stereocenters. The summed E-state index contributed by atoms with van der Waals surface area (Å²) in [4.78, 5) is 12.6. The van der Waals surface area contributed by atoms with Crippen LogP contribution in [0.5, 0.6) is 5.75 Å². The molecule has 0 radical (unpaired) electrons. The smallest absolute Gasteiger partial charge is 0.261 e. The van der Waals surface area contributed by atoms with Crippen LogP contribution in [0.4, 0.5) is 4.39 Å². The first-order valence-electron chi connectivity index (χ1n) is 5.79. The van der Waals surface area contributed by atoms with E-state index in [0.29, 0.717) is 16.2 Å². The lowest BCUT2D eigenvalue weighted by Crippen LogP contribution is -2.26. The third-order valence-corrected chi connectivity index (χ3v) is 3.62. The maximum Gasteiger partial charge on any atom is 0.261 e. The molecule has 0 saturated heterocycles. The zero-order valence-corrected chi connectivity index (χ0v) is 11.5. The van der Waals surface area contributed by atoms with E-state index in [1.165, 1.54) is 30.6 Å². The fourth-order valence-corrected chi connectivity index (χ4v) is 2.42. The molecule has 1 heterocycles. The van der Waals surface area contributed by atoms with Gasteiger partial charge in [-0.25, -0.2) is 4.39 Å². The highest BCUT2D eigenvalue weighted by atomic mass is 32.1. The van der Waals surface area contributed by atoms with Crippen LogP contribution in [0, 0.1) is 5.82 Å². The van der Waals surface area contributed by atoms with Crippen molar-refractivity contribution >= 4 is 17.2 Å². The van der Waals surface area contributed by atoms with E-state index < -0.39 is 0 Å². The summed E-state index contributed by atoms with van der Waals surface area (Å²) in [5, 5.41) is 4.66. The molecule has 100 valence electrons. The van der Waals surface area contributed by atoms with Gasteiger partial charge >= 0.3 is 0 Å². The minimum absolute atomic E-state index is 0.172. The lowest BCUT2D eigenvalue weighted by molar-refractivity contribution is 0.0943. The molecule has 1 unspecified atom stereocenters. The predicted molar refractivity (Wildman–Crippen MR) is 73.2 cm³/mol. The van der Waals surface area contributed by atoms with Gasteiger partial charge in [0.1, 0.15) is 11.6 Å². The number of amides is 1. The van der Waals surface area contributed by atoms with Crippen molar-refractivity contribution in [1.29, 1.82) is 0 Å². The minimum atomic E-state index is -0.354. The summed E-state index contributed by atoms with van der Waals surface area (Å²) in [6.45, 7) is 1.79. The zero-order valence-electron chi connectivity index (χ0n) is 10.6. The van der Waals surface area contributed by atoms with Gasteiger partial charge in [0.25, 0.3) is 5.91 Å². The molecule has 0 saturated carbocycles. The van der Waals surface area contributed by atoms with Gasteiger partial charge in [-0.05, 0) is 36.6 Å². The Morgan fingerprint density at radius 1 is 1.42 bits per heavy atom. The van der Waals surface area contributed by atoms with Gasteiger partial charge in [0.05, 0.1) is 18.0 Å². The standard InChI is InChI=1S/C14H14FNO2S/c1-9(16-14(17)13-4-3-7-19-13)11-8-10(15)5-6-12(11)18-2/h3-9H,1-2H3,(H,16,17). The highest BCUT2D eigenvalue weighted by molar-refractivity contribution is 7.12. The Morgan fingerprint density at radius 2 is 2.21 bits per heavy atom. The van der Waals surface area contributed by atoms with Crippen molar-refractivity contribution in [3.63, 3.8) is 0 Å². The monoisotopic (exact) mass is 279 g/mol. The van der Waals surface area contributed by atoms with Crippen molar-refractivity contribution in [3.8, 4) is 5.75 Å². The van der Waals surface area contributed by atoms with Crippen molar-refractivity contribution in [2.45, 2.75) is 13.0 Å². The number of rotatable bonds is 4. The Hall–Kier alpha value is -1.88. The van der Waals surface area contributed by atoms with E-state index in [2.05, 4.69) is 5.32 Å². The number of carbonyl (C=O) groups is 1. The average molecular weight is 279 g/mol. The number of methoxy groups -OCH3 is 1. The van der Waals surface area contributed by atoms with E-state index in [4.69, 9.17) is 4.74 Å². The number of ether oxygens (including phenoxy) is 1. The number of nitrogens with one attached hydrogen (secondary N) is 1. The Bertz CT molecular complexity index is 569. The first-order valence-corrected chi connectivity index (χ1v) is 6.67. The predicted octanol–water partition coefficient (Wildman–Crippen LogP) is 3.39. The molecule has 2 rings (SSSR count). The summed E-state index contributed by atoms with van der Waals surface area (Å²) in [5.74, 6) is 0.0298. The minimum Gasteiger partial charge on any atom is -0.496 e. The number of hydrogen-bond acceptors (Lipinski definition) is 3. The normalized spacial score (nSPS) is 11.9. The number of thiophene rings is 1. The van der Waals surface area contributed by atoms with E-state index >= 15 is 0 Å². The van der Waals surface area contributed by atoms with Crippen molar-refractivity contribution < 1.29 is 13.9 Å². The van der Waals surface area contributed by atoms with E-state index in [1.54, 1.807) is 19.1 Å². The third kappa shape index (κ3) is 3.12. The topological polar surface area (TPSA) is 38.3 Å². The van der Waals surface area contributed by atoms with Crippen molar-refractivity contribution in [3.05, 3.63) is 52.0 Å². The maximum absolute atomic E-state index is 13.3. The second-order valence-electron chi connectivity index (χ2n) is 4.06. The molecule has 0 aliphatic heterocycles. The van der Waals surface area contributed by atoms with Crippen LogP contribution in [-0.4, -0.2) is 13.0 Å². The fraction of sp³-hybridized carbons (Fsp3) is 0.214. The maximum atomic E-state index is 13.3. The number of halogens is 1. The van der Waals surface area contributed by atoms with Crippen LogP contribution in [0.15, 0.2) is 35.7 Å². The van der Waals surface area contributed by atoms with Crippen LogP contribution in [0.25, 0.3) is 0 Å². The Kier molecular flexibility index (Phi) is 4.16. The summed E-state index contributed by atoms with van der Waals surface area (Å²) in [6.07, 6.45) is 0. The van der Waals surface area contributed by atoms with Gasteiger partial charge in [0.2, 0.25) is 0 Å². The van der Waals surface area contributed by atoms with Gasteiger partial charge in [-0.2, -0.15) is 0 Å². The highest BCUT2D eigenvalue weighted by Gasteiger charge is 2.16. The molecule has 19 heavy (non-hydrogen) atoms. The second kappa shape index (κ2) is 5.84. The Morgan fingerprint density at radius 3 is 2.84 bits per heavy atom. The van der Waals surface area contributed by atoms with Gasteiger partial charge in [-0.3, -0.25) is 4.79 Å². The van der Waals surface area contributed by atoms with Crippen LogP contribution in [-0.2, 0) is 0 Å². The molecule has 3 nitrogen and oxygen atoms in total. The summed E-state index contributed by atoms with van der Waals surface area (Å²) in [6, 6.07) is 7.48. The first kappa shape index (κ1) is 13.5. The summed E-state index contributed by atoms with van der Waals surface area (Å²) in [7, 11) is 1.52. The van der Waals surface area contributed by atoms with E-state index in [-0.39, 0.29) is 17.8 Å². The van der Waals surface area contributed by atoms with Gasteiger partial charge in [-0.1, -0.05) is 6.07 Å². The number of hydrogen-bond donors (Lipinski definition) is 1. The first-order chi connectivity index (χ1) is 9.11. The van der Waals surface area contributed by atoms with Crippen molar-refractivity contribution in [2.24, 2.45) is 0 Å². The molecule has 0 bridgehead atoms. The lowest BCUT2D eigenvalue weighted by Gasteiger charge is -2.17. The van der Waals surface area contributed by atoms with Crippen LogP contribution in [0.1, 0.15) is 28.2 Å². The molecule has 1 amide bonds. The average Bonchev–Trinajstić information content (AvgIpc) is 2.92. The fourth-order valence-electron chi connectivity index (χ4n) is 1.80.